The van der Waals surface area contributed by atoms with Crippen molar-refractivity contribution in [2.75, 3.05) is 19.8 Å². The molecule has 110 valence electrons. The third kappa shape index (κ3) is 2.86. The normalized spacial score (nSPS) is 20.0. The summed E-state index contributed by atoms with van der Waals surface area (Å²) in [5.41, 5.74) is 1.92. The maximum absolute atomic E-state index is 12.6. The molecule has 2 aliphatic heterocycles. The molecule has 0 radical (unpaired) electrons. The summed E-state index contributed by atoms with van der Waals surface area (Å²) in [6, 6.07) is 4.69. The van der Waals surface area contributed by atoms with Crippen LogP contribution in [0.2, 0.25) is 0 Å². The molecule has 1 N–H and O–H groups in total. The number of carboxylic acid groups (broad SMARTS) is 1. The number of nitrogens with zero attached hydrogens (tertiary/aromatic N) is 3. The molecule has 0 unspecified atom stereocenters. The van der Waals surface area contributed by atoms with Gasteiger partial charge in [-0.25, -0.2) is 0 Å². The van der Waals surface area contributed by atoms with Crippen LogP contribution in [0.5, 0.6) is 0 Å². The number of carbonyl (C=O) groups is 2. The molecule has 0 aromatic heterocycles. The standard InChI is InChI=1S/C13H13N3O4S/c17-12(18)6-9-7-20-4-3-16(9)13(19)8-1-2-10-11(5-8)15-21-14-10/h1-2,5,9H,3-4,6-7H2,(H,17,18)/t9-/m1/s1. The molecule has 0 saturated carbocycles. The van der Waals surface area contributed by atoms with Crippen LogP contribution in [-0.4, -0.2) is 47.7 Å². The van der Waals surface area contributed by atoms with E-state index in [0.29, 0.717) is 24.4 Å². The molecule has 21 heavy (non-hydrogen) atoms. The van der Waals surface area contributed by atoms with E-state index in [-0.39, 0.29) is 18.9 Å². The van der Waals surface area contributed by atoms with Gasteiger partial charge in [0.2, 0.25) is 0 Å². The average molecular weight is 307 g/mol. The van der Waals surface area contributed by atoms with E-state index in [2.05, 4.69) is 8.73 Å². The summed E-state index contributed by atoms with van der Waals surface area (Å²) in [5, 5.41) is 8.94. The van der Waals surface area contributed by atoms with Gasteiger partial charge in [-0.3, -0.25) is 9.59 Å². The first-order chi connectivity index (χ1) is 10.1. The van der Waals surface area contributed by atoms with Gasteiger partial charge in [-0.05, 0) is 18.2 Å². The first-order valence-electron chi connectivity index (χ1n) is 6.48. The van der Waals surface area contributed by atoms with E-state index < -0.39 is 12.0 Å². The van der Waals surface area contributed by atoms with Crippen molar-refractivity contribution >= 4 is 34.6 Å². The van der Waals surface area contributed by atoms with E-state index in [4.69, 9.17) is 9.84 Å². The second kappa shape index (κ2) is 5.74. The zero-order chi connectivity index (χ0) is 14.8. The van der Waals surface area contributed by atoms with Gasteiger partial charge in [0, 0.05) is 12.1 Å². The van der Waals surface area contributed by atoms with Gasteiger partial charge in [0.1, 0.15) is 11.4 Å². The predicted octanol–water partition coefficient (Wildman–Crippen LogP) is 1.73. The molecule has 2 heterocycles. The molecule has 1 fully saturated rings. The van der Waals surface area contributed by atoms with Gasteiger partial charge < -0.3 is 14.7 Å². The van der Waals surface area contributed by atoms with Crippen LogP contribution in [0.3, 0.4) is 0 Å². The van der Waals surface area contributed by atoms with Crippen LogP contribution in [0, 0.1) is 0 Å². The highest BCUT2D eigenvalue weighted by atomic mass is 32.1. The molecule has 0 aliphatic carbocycles. The fourth-order valence-electron chi connectivity index (χ4n) is 2.37. The molecule has 1 amide bonds. The van der Waals surface area contributed by atoms with E-state index in [0.717, 1.165) is 17.0 Å². The number of carbonyl (C=O) groups excluding carboxylic acids is 1. The minimum atomic E-state index is -0.942. The van der Waals surface area contributed by atoms with Crippen molar-refractivity contribution in [3.05, 3.63) is 23.8 Å². The molecular weight excluding hydrogens is 294 g/mol. The quantitative estimate of drug-likeness (QED) is 0.934. The second-order valence-electron chi connectivity index (χ2n) is 4.79. The van der Waals surface area contributed by atoms with E-state index in [1.165, 1.54) is 0 Å². The first-order valence-corrected chi connectivity index (χ1v) is 7.21. The lowest BCUT2D eigenvalue weighted by Gasteiger charge is -2.34. The van der Waals surface area contributed by atoms with Crippen LogP contribution in [0.15, 0.2) is 26.9 Å². The fraction of sp³-hybridized carbons (Fsp3) is 0.385. The molecule has 3 rings (SSSR count). The molecule has 1 aromatic carbocycles. The Balaban J connectivity index is 1.82. The number of rotatable bonds is 3. The van der Waals surface area contributed by atoms with Crippen molar-refractivity contribution in [2.24, 2.45) is 8.73 Å². The summed E-state index contributed by atoms with van der Waals surface area (Å²) in [4.78, 5) is 25.1. The minimum Gasteiger partial charge on any atom is -0.481 e. The Labute approximate surface area is 124 Å². The molecule has 0 bridgehead atoms. The maximum Gasteiger partial charge on any atom is 0.305 e. The van der Waals surface area contributed by atoms with Crippen molar-refractivity contribution < 1.29 is 19.4 Å². The van der Waals surface area contributed by atoms with E-state index in [1.54, 1.807) is 23.1 Å². The molecule has 1 aromatic rings. The van der Waals surface area contributed by atoms with Crippen LogP contribution in [0.25, 0.3) is 0 Å². The number of morpholine rings is 1. The topological polar surface area (TPSA) is 91.6 Å². The minimum absolute atomic E-state index is 0.119. The number of aliphatic carboxylic acids is 1. The van der Waals surface area contributed by atoms with Crippen LogP contribution < -0.4 is 0 Å². The highest BCUT2D eigenvalue weighted by molar-refractivity contribution is 7.58. The zero-order valence-corrected chi connectivity index (χ0v) is 11.9. The van der Waals surface area contributed by atoms with Crippen LogP contribution >= 0.6 is 0 Å². The van der Waals surface area contributed by atoms with Gasteiger partial charge in [-0.1, -0.05) is 0 Å². The number of benzene rings is 1. The van der Waals surface area contributed by atoms with Crippen LogP contribution in [-0.2, 0) is 20.9 Å². The lowest BCUT2D eigenvalue weighted by atomic mass is 10.1. The van der Waals surface area contributed by atoms with Gasteiger partial charge in [0.05, 0.1) is 37.0 Å². The number of carboxylic acids is 1. The van der Waals surface area contributed by atoms with Crippen molar-refractivity contribution in [3.8, 4) is 0 Å². The third-order valence-corrected chi connectivity index (χ3v) is 3.96. The third-order valence-electron chi connectivity index (χ3n) is 3.40. The average Bonchev–Trinajstić information content (AvgIpc) is 2.94. The Morgan fingerprint density at radius 2 is 2.19 bits per heavy atom. The summed E-state index contributed by atoms with van der Waals surface area (Å²) in [6.07, 6.45) is -0.119. The van der Waals surface area contributed by atoms with E-state index in [9.17, 15) is 9.59 Å². The van der Waals surface area contributed by atoms with Gasteiger partial charge in [0.25, 0.3) is 5.91 Å². The number of amides is 1. The van der Waals surface area contributed by atoms with Crippen molar-refractivity contribution in [1.29, 1.82) is 0 Å². The van der Waals surface area contributed by atoms with Crippen molar-refractivity contribution in [2.45, 2.75) is 12.5 Å². The Bertz CT molecular complexity index is 669. The first kappa shape index (κ1) is 13.9. The zero-order valence-electron chi connectivity index (χ0n) is 11.1. The molecule has 0 spiro atoms. The Morgan fingerprint density at radius 3 is 3.00 bits per heavy atom. The lowest BCUT2D eigenvalue weighted by molar-refractivity contribution is -0.139. The van der Waals surface area contributed by atoms with Crippen molar-refractivity contribution in [3.63, 3.8) is 0 Å². The van der Waals surface area contributed by atoms with Gasteiger partial charge >= 0.3 is 5.97 Å². The van der Waals surface area contributed by atoms with Crippen LogP contribution in [0.4, 0.5) is 11.4 Å². The Hall–Kier alpha value is -2.06. The monoisotopic (exact) mass is 307 g/mol. The lowest BCUT2D eigenvalue weighted by Crippen LogP contribution is -2.49. The summed E-state index contributed by atoms with van der Waals surface area (Å²) >= 11 is 1.10. The SMILES string of the molecule is O=C(O)C[C@@H]1COCCN1C(=O)c1ccc2c(c1)N=S=N2. The predicted molar refractivity (Wildman–Crippen MR) is 75.9 cm³/mol. The largest absolute Gasteiger partial charge is 0.481 e. The smallest absolute Gasteiger partial charge is 0.305 e. The van der Waals surface area contributed by atoms with Crippen molar-refractivity contribution in [1.82, 2.24) is 4.90 Å². The maximum atomic E-state index is 12.6. The summed E-state index contributed by atoms with van der Waals surface area (Å²) < 4.78 is 13.5. The van der Waals surface area contributed by atoms with Gasteiger partial charge in [-0.15, -0.1) is 0 Å². The van der Waals surface area contributed by atoms with Crippen LogP contribution in [0.1, 0.15) is 16.8 Å². The van der Waals surface area contributed by atoms with Gasteiger partial charge in [-0.2, -0.15) is 8.73 Å². The highest BCUT2D eigenvalue weighted by Crippen LogP contribution is 2.32. The van der Waals surface area contributed by atoms with Gasteiger partial charge in [0.15, 0.2) is 0 Å². The second-order valence-corrected chi connectivity index (χ2v) is 5.32. The molecule has 7 nitrogen and oxygen atoms in total. The Kier molecular flexibility index (Phi) is 3.80. The molecule has 1 atom stereocenters. The molecule has 1 saturated heterocycles. The summed E-state index contributed by atoms with van der Waals surface area (Å²) in [6.45, 7) is 1.06. The molecule has 2 aliphatic rings. The fourth-order valence-corrected chi connectivity index (χ4v) is 2.89. The highest BCUT2D eigenvalue weighted by Gasteiger charge is 2.30. The number of ether oxygens (including phenoxy) is 1. The summed E-state index contributed by atoms with van der Waals surface area (Å²) in [5.74, 6) is -1.14. The number of fused-ring (bicyclic) bond motifs is 1. The number of hydrogen-bond acceptors (Lipinski definition) is 5. The summed E-state index contributed by atoms with van der Waals surface area (Å²) in [7, 11) is 0. The number of hydrogen-bond donors (Lipinski definition) is 1. The Morgan fingerprint density at radius 1 is 1.38 bits per heavy atom. The van der Waals surface area contributed by atoms with E-state index in [1.807, 2.05) is 0 Å². The van der Waals surface area contributed by atoms with E-state index >= 15 is 0 Å². The molecular formula is C13H13N3O4S. The molecule has 8 heteroatoms.